The normalized spacial score (nSPS) is 21.2. The Morgan fingerprint density at radius 3 is 2.61 bits per heavy atom. The van der Waals surface area contributed by atoms with E-state index < -0.39 is 21.8 Å². The highest BCUT2D eigenvalue weighted by atomic mass is 35.5. The van der Waals surface area contributed by atoms with Crippen LogP contribution in [-0.2, 0) is 9.84 Å². The fourth-order valence-corrected chi connectivity index (χ4v) is 7.19. The van der Waals surface area contributed by atoms with Crippen molar-refractivity contribution in [2.24, 2.45) is 10.9 Å². The Morgan fingerprint density at radius 1 is 1.07 bits per heavy atom. The summed E-state index contributed by atoms with van der Waals surface area (Å²) in [5, 5.41) is 8.63. The van der Waals surface area contributed by atoms with E-state index in [2.05, 4.69) is 15.3 Å². The third-order valence-electron chi connectivity index (χ3n) is 7.93. The van der Waals surface area contributed by atoms with Crippen molar-refractivity contribution in [2.75, 3.05) is 12.0 Å². The van der Waals surface area contributed by atoms with E-state index in [0.29, 0.717) is 33.1 Å². The van der Waals surface area contributed by atoms with Crippen LogP contribution in [0.3, 0.4) is 0 Å². The van der Waals surface area contributed by atoms with Gasteiger partial charge in [0.05, 0.1) is 28.5 Å². The SMILES string of the molecule is CS(=O)(=O)c1cc(C2=C(F)N=C([C@@H]3[C@H]4C[C@H]4c4cc(-c5cc(Cl)ccc5-n5cc(Cl)nn5)cc(=O)n43)C2)ccc1N. The maximum Gasteiger partial charge on any atom is 0.251 e. The largest absolute Gasteiger partial charge is 0.398 e. The molecular formula is C28H21Cl2FN6O3S. The molecule has 208 valence electrons. The van der Waals surface area contributed by atoms with E-state index >= 15 is 4.39 Å². The van der Waals surface area contributed by atoms with Gasteiger partial charge in [0.15, 0.2) is 15.0 Å². The summed E-state index contributed by atoms with van der Waals surface area (Å²) in [5.74, 6) is -0.427. The Hall–Kier alpha value is -3.80. The smallest absolute Gasteiger partial charge is 0.251 e. The summed E-state index contributed by atoms with van der Waals surface area (Å²) < 4.78 is 42.8. The number of hydrogen-bond donors (Lipinski definition) is 1. The van der Waals surface area contributed by atoms with Crippen LogP contribution in [0.4, 0.5) is 10.1 Å². The van der Waals surface area contributed by atoms with E-state index in [1.165, 1.54) is 22.9 Å². The van der Waals surface area contributed by atoms with Crippen LogP contribution in [-0.4, -0.2) is 39.9 Å². The van der Waals surface area contributed by atoms with Crippen molar-refractivity contribution in [3.05, 3.63) is 92.5 Å². The van der Waals surface area contributed by atoms with Crippen LogP contribution in [0.2, 0.25) is 10.2 Å². The third kappa shape index (κ3) is 4.30. The molecule has 0 bridgehead atoms. The van der Waals surface area contributed by atoms with Gasteiger partial charge in [0.1, 0.15) is 0 Å². The number of sulfone groups is 1. The average molecular weight is 611 g/mol. The molecular weight excluding hydrogens is 590 g/mol. The highest BCUT2D eigenvalue weighted by Crippen LogP contribution is 2.60. The fraction of sp³-hybridized carbons (Fsp3) is 0.214. The Kier molecular flexibility index (Phi) is 5.80. The van der Waals surface area contributed by atoms with E-state index in [9.17, 15) is 13.2 Å². The maximum absolute atomic E-state index is 15.2. The van der Waals surface area contributed by atoms with E-state index in [4.69, 9.17) is 28.9 Å². The molecule has 0 amide bonds. The first kappa shape index (κ1) is 26.1. The average Bonchev–Trinajstić information content (AvgIpc) is 3.23. The van der Waals surface area contributed by atoms with Crippen LogP contribution in [0.1, 0.15) is 36.1 Å². The standard InChI is InChI=1S/C28H21Cl2FN6O3S/c1-41(39,40)24-7-13(2-4-20(24)32)17-11-21(33-28(17)31)27-19-10-18(19)23-6-14(8-26(38)37(23)27)16-9-15(29)3-5-22(16)36-12-25(30)34-35-36/h2-9,12,18-19,27H,10-11,32H2,1H3/t18-,19+,27+/m1/s1. The number of aliphatic imine (C=N–C) groups is 1. The summed E-state index contributed by atoms with van der Waals surface area (Å²) in [6, 6.07) is 12.8. The lowest BCUT2D eigenvalue weighted by Crippen LogP contribution is -2.29. The third-order valence-corrected chi connectivity index (χ3v) is 9.50. The number of nitrogens with zero attached hydrogens (tertiary/aromatic N) is 5. The van der Waals surface area contributed by atoms with Gasteiger partial charge in [-0.2, -0.15) is 4.39 Å². The molecule has 1 fully saturated rings. The molecule has 4 aromatic rings. The molecule has 2 aromatic heterocycles. The van der Waals surface area contributed by atoms with E-state index in [-0.39, 0.29) is 45.1 Å². The van der Waals surface area contributed by atoms with Gasteiger partial charge in [0, 0.05) is 52.2 Å². The summed E-state index contributed by atoms with van der Waals surface area (Å²) in [5.41, 5.74) is 9.81. The molecule has 0 saturated heterocycles. The maximum atomic E-state index is 15.2. The number of nitrogens with two attached hydrogens (primary N) is 1. The monoisotopic (exact) mass is 610 g/mol. The molecule has 7 rings (SSSR count). The molecule has 0 spiro atoms. The van der Waals surface area contributed by atoms with Gasteiger partial charge >= 0.3 is 0 Å². The molecule has 2 aliphatic heterocycles. The zero-order valence-corrected chi connectivity index (χ0v) is 23.8. The number of halogens is 3. The highest BCUT2D eigenvalue weighted by Gasteiger charge is 2.55. The molecule has 1 aliphatic carbocycles. The first-order chi connectivity index (χ1) is 19.5. The summed E-state index contributed by atoms with van der Waals surface area (Å²) in [6.07, 6.45) is 3.63. The number of nitrogen functional groups attached to an aromatic ring is 1. The van der Waals surface area contributed by atoms with Crippen molar-refractivity contribution < 1.29 is 12.8 Å². The molecule has 13 heteroatoms. The molecule has 41 heavy (non-hydrogen) atoms. The van der Waals surface area contributed by atoms with Crippen molar-refractivity contribution in [3.63, 3.8) is 0 Å². The molecule has 2 N–H and O–H groups in total. The van der Waals surface area contributed by atoms with Crippen LogP contribution in [0.5, 0.6) is 0 Å². The van der Waals surface area contributed by atoms with Crippen LogP contribution in [0.15, 0.2) is 75.4 Å². The zero-order chi connectivity index (χ0) is 28.8. The topological polar surface area (TPSA) is 125 Å². The Balaban J connectivity index is 1.25. The van der Waals surface area contributed by atoms with E-state index in [1.54, 1.807) is 35.0 Å². The van der Waals surface area contributed by atoms with Crippen LogP contribution >= 0.6 is 23.2 Å². The van der Waals surface area contributed by atoms with Gasteiger partial charge in [-0.1, -0.05) is 34.5 Å². The number of pyridine rings is 1. The minimum absolute atomic E-state index is 0.0606. The molecule has 4 heterocycles. The first-order valence-electron chi connectivity index (χ1n) is 12.7. The molecule has 3 aliphatic rings. The number of rotatable bonds is 5. The lowest BCUT2D eigenvalue weighted by atomic mass is 9.97. The zero-order valence-electron chi connectivity index (χ0n) is 21.4. The van der Waals surface area contributed by atoms with Crippen molar-refractivity contribution in [2.45, 2.75) is 29.7 Å². The summed E-state index contributed by atoms with van der Waals surface area (Å²) in [7, 11) is -3.61. The van der Waals surface area contributed by atoms with Gasteiger partial charge in [-0.25, -0.2) is 18.1 Å². The molecule has 2 aromatic carbocycles. The Labute approximate surface area is 243 Å². The minimum atomic E-state index is -3.61. The second kappa shape index (κ2) is 9.10. The van der Waals surface area contributed by atoms with Crippen molar-refractivity contribution >= 4 is 50.0 Å². The molecule has 0 unspecified atom stereocenters. The molecule has 1 saturated carbocycles. The van der Waals surface area contributed by atoms with E-state index in [0.717, 1.165) is 18.4 Å². The van der Waals surface area contributed by atoms with Crippen LogP contribution in [0, 0.1) is 5.92 Å². The van der Waals surface area contributed by atoms with Crippen molar-refractivity contribution in [3.8, 4) is 16.8 Å². The molecule has 9 nitrogen and oxygen atoms in total. The van der Waals surface area contributed by atoms with Crippen molar-refractivity contribution in [1.82, 2.24) is 19.6 Å². The Morgan fingerprint density at radius 2 is 1.88 bits per heavy atom. The minimum Gasteiger partial charge on any atom is -0.398 e. The van der Waals surface area contributed by atoms with Gasteiger partial charge in [-0.15, -0.1) is 5.10 Å². The lowest BCUT2D eigenvalue weighted by Gasteiger charge is -2.20. The van der Waals surface area contributed by atoms with Crippen LogP contribution < -0.4 is 11.3 Å². The predicted octanol–water partition coefficient (Wildman–Crippen LogP) is 5.23. The fourth-order valence-electron chi connectivity index (χ4n) is 6.05. The summed E-state index contributed by atoms with van der Waals surface area (Å²) >= 11 is 12.3. The number of fused-ring (bicyclic) bond motifs is 3. The molecule has 3 atom stereocenters. The Bertz CT molecular complexity index is 2030. The summed E-state index contributed by atoms with van der Waals surface area (Å²) in [6.45, 7) is 0. The second-order valence-corrected chi connectivity index (χ2v) is 13.4. The number of aromatic nitrogens is 4. The quantitative estimate of drug-likeness (QED) is 0.244. The molecule has 0 radical (unpaired) electrons. The van der Waals surface area contributed by atoms with Gasteiger partial charge in [0.25, 0.3) is 5.56 Å². The second-order valence-electron chi connectivity index (χ2n) is 10.5. The number of benzene rings is 2. The predicted molar refractivity (Wildman–Crippen MR) is 155 cm³/mol. The van der Waals surface area contributed by atoms with Crippen LogP contribution in [0.25, 0.3) is 22.4 Å². The number of allylic oxidation sites excluding steroid dienone is 1. The first-order valence-corrected chi connectivity index (χ1v) is 15.3. The number of hydrogen-bond acceptors (Lipinski definition) is 7. The van der Waals surface area contributed by atoms with Gasteiger partial charge in [-0.3, -0.25) is 4.79 Å². The van der Waals surface area contributed by atoms with Crippen molar-refractivity contribution in [1.29, 1.82) is 0 Å². The van der Waals surface area contributed by atoms with E-state index in [1.807, 2.05) is 6.07 Å². The lowest BCUT2D eigenvalue weighted by molar-refractivity contribution is 0.579. The highest BCUT2D eigenvalue weighted by molar-refractivity contribution is 7.90. The number of anilines is 1. The van der Waals surface area contributed by atoms with Gasteiger partial charge in [-0.05, 0) is 59.9 Å². The van der Waals surface area contributed by atoms with Gasteiger partial charge in [0.2, 0.25) is 5.95 Å². The van der Waals surface area contributed by atoms with Gasteiger partial charge < -0.3 is 10.3 Å². The summed E-state index contributed by atoms with van der Waals surface area (Å²) in [4.78, 5) is 17.8.